The fourth-order valence-electron chi connectivity index (χ4n) is 3.14. The van der Waals surface area contributed by atoms with Gasteiger partial charge in [-0.25, -0.2) is 4.39 Å². The third-order valence-corrected chi connectivity index (χ3v) is 4.63. The summed E-state index contributed by atoms with van der Waals surface area (Å²) in [6, 6.07) is 14.9. The Morgan fingerprint density at radius 3 is 2.62 bits per heavy atom. The Morgan fingerprint density at radius 2 is 1.92 bits per heavy atom. The van der Waals surface area contributed by atoms with Crippen LogP contribution in [0.1, 0.15) is 24.0 Å². The van der Waals surface area contributed by atoms with E-state index in [1.54, 1.807) is 12.1 Å². The van der Waals surface area contributed by atoms with Gasteiger partial charge in [-0.1, -0.05) is 36.4 Å². The Hall–Kier alpha value is -2.24. The molecule has 0 saturated carbocycles. The van der Waals surface area contributed by atoms with E-state index in [-0.39, 0.29) is 24.2 Å². The average molecular weight is 356 g/mol. The lowest BCUT2D eigenvalue weighted by molar-refractivity contribution is -0.118. The molecular weight excluding hydrogens is 331 g/mol. The summed E-state index contributed by atoms with van der Waals surface area (Å²) in [5.74, 6) is -0.581. The van der Waals surface area contributed by atoms with Crippen LogP contribution in [-0.4, -0.2) is 36.5 Å². The smallest absolute Gasteiger partial charge is 0.238 e. The minimum Gasteiger partial charge on any atom is -0.373 e. The summed E-state index contributed by atoms with van der Waals surface area (Å²) in [5, 5.41) is 2.66. The third-order valence-electron chi connectivity index (χ3n) is 4.63. The summed E-state index contributed by atoms with van der Waals surface area (Å²) in [4.78, 5) is 14.2. The Kier molecular flexibility index (Phi) is 6.36. The first-order chi connectivity index (χ1) is 12.6. The lowest BCUT2D eigenvalue weighted by Gasteiger charge is -2.31. The molecule has 0 atom stereocenters. The van der Waals surface area contributed by atoms with E-state index in [1.807, 2.05) is 25.1 Å². The lowest BCUT2D eigenvalue weighted by Crippen LogP contribution is -2.41. The number of aryl methyl sites for hydroxylation is 1. The molecule has 1 aliphatic heterocycles. The molecule has 1 amide bonds. The van der Waals surface area contributed by atoms with Crippen LogP contribution in [0.3, 0.4) is 0 Å². The molecule has 2 aromatic carbocycles. The monoisotopic (exact) mass is 356 g/mol. The van der Waals surface area contributed by atoms with Gasteiger partial charge in [0.05, 0.1) is 24.9 Å². The van der Waals surface area contributed by atoms with Gasteiger partial charge in [0.15, 0.2) is 0 Å². The average Bonchev–Trinajstić information content (AvgIpc) is 2.64. The van der Waals surface area contributed by atoms with Gasteiger partial charge in [-0.3, -0.25) is 9.69 Å². The Balaban J connectivity index is 1.40. The van der Waals surface area contributed by atoms with Crippen molar-refractivity contribution >= 4 is 11.6 Å². The van der Waals surface area contributed by atoms with E-state index in [9.17, 15) is 9.18 Å². The van der Waals surface area contributed by atoms with E-state index < -0.39 is 5.82 Å². The standard InChI is InChI=1S/C21H25FN2O2/c1-16-7-8-20(19(22)13-16)23-21(25)14-24-11-9-18(10-12-24)26-15-17-5-3-2-4-6-17/h2-8,13,18H,9-12,14-15H2,1H3,(H,23,25). The summed E-state index contributed by atoms with van der Waals surface area (Å²) in [5.41, 5.74) is 2.24. The number of carbonyl (C=O) groups is 1. The summed E-state index contributed by atoms with van der Waals surface area (Å²) >= 11 is 0. The van der Waals surface area contributed by atoms with E-state index >= 15 is 0 Å². The SMILES string of the molecule is Cc1ccc(NC(=O)CN2CCC(OCc3ccccc3)CC2)c(F)c1. The molecule has 0 aliphatic carbocycles. The number of piperidine rings is 1. The molecule has 1 heterocycles. The van der Waals surface area contributed by atoms with Crippen molar-refractivity contribution < 1.29 is 13.9 Å². The maximum atomic E-state index is 13.8. The highest BCUT2D eigenvalue weighted by atomic mass is 19.1. The number of nitrogens with zero attached hydrogens (tertiary/aromatic N) is 1. The highest BCUT2D eigenvalue weighted by Crippen LogP contribution is 2.17. The molecule has 1 aliphatic rings. The van der Waals surface area contributed by atoms with Crippen molar-refractivity contribution in [3.8, 4) is 0 Å². The number of hydrogen-bond acceptors (Lipinski definition) is 3. The van der Waals surface area contributed by atoms with Gasteiger partial charge >= 0.3 is 0 Å². The molecule has 2 aromatic rings. The number of carbonyl (C=O) groups excluding carboxylic acids is 1. The summed E-state index contributed by atoms with van der Waals surface area (Å²) in [7, 11) is 0. The van der Waals surface area contributed by atoms with E-state index in [0.29, 0.717) is 6.61 Å². The largest absolute Gasteiger partial charge is 0.373 e. The fraction of sp³-hybridized carbons (Fsp3) is 0.381. The molecule has 4 nitrogen and oxygen atoms in total. The highest BCUT2D eigenvalue weighted by Gasteiger charge is 2.21. The number of halogens is 1. The first kappa shape index (κ1) is 18.5. The van der Waals surface area contributed by atoms with Gasteiger partial charge in [-0.15, -0.1) is 0 Å². The maximum Gasteiger partial charge on any atom is 0.238 e. The van der Waals surface area contributed by atoms with Gasteiger partial charge in [0.25, 0.3) is 0 Å². The number of amides is 1. The topological polar surface area (TPSA) is 41.6 Å². The van der Waals surface area contributed by atoms with Crippen molar-refractivity contribution in [2.45, 2.75) is 32.5 Å². The molecule has 1 N–H and O–H groups in total. The molecule has 1 saturated heterocycles. The zero-order valence-electron chi connectivity index (χ0n) is 15.1. The van der Waals surface area contributed by atoms with Crippen LogP contribution in [0, 0.1) is 12.7 Å². The summed E-state index contributed by atoms with van der Waals surface area (Å²) in [6.07, 6.45) is 2.03. The van der Waals surface area contributed by atoms with Gasteiger partial charge in [0.2, 0.25) is 5.91 Å². The van der Waals surface area contributed by atoms with E-state index in [4.69, 9.17) is 4.74 Å². The minimum absolute atomic E-state index is 0.184. The molecule has 0 radical (unpaired) electrons. The van der Waals surface area contributed by atoms with Crippen LogP contribution in [0.15, 0.2) is 48.5 Å². The summed E-state index contributed by atoms with van der Waals surface area (Å²) in [6.45, 7) is 4.34. The van der Waals surface area contributed by atoms with Gasteiger partial charge in [-0.05, 0) is 43.0 Å². The number of anilines is 1. The lowest BCUT2D eigenvalue weighted by atomic mass is 10.1. The molecule has 5 heteroatoms. The van der Waals surface area contributed by atoms with E-state index in [2.05, 4.69) is 22.3 Å². The second-order valence-electron chi connectivity index (χ2n) is 6.80. The molecule has 138 valence electrons. The second kappa shape index (κ2) is 8.92. The third kappa shape index (κ3) is 5.38. The van der Waals surface area contributed by atoms with Crippen LogP contribution in [0.4, 0.5) is 10.1 Å². The van der Waals surface area contributed by atoms with Crippen molar-refractivity contribution in [2.75, 3.05) is 25.0 Å². The van der Waals surface area contributed by atoms with Gasteiger partial charge in [0, 0.05) is 13.1 Å². The maximum absolute atomic E-state index is 13.8. The van der Waals surface area contributed by atoms with Crippen LogP contribution >= 0.6 is 0 Å². The second-order valence-corrected chi connectivity index (χ2v) is 6.80. The Morgan fingerprint density at radius 1 is 1.19 bits per heavy atom. The highest BCUT2D eigenvalue weighted by molar-refractivity contribution is 5.92. The summed E-state index contributed by atoms with van der Waals surface area (Å²) < 4.78 is 19.8. The van der Waals surface area contributed by atoms with Crippen molar-refractivity contribution in [2.24, 2.45) is 0 Å². The number of hydrogen-bond donors (Lipinski definition) is 1. The van der Waals surface area contributed by atoms with Crippen molar-refractivity contribution in [3.05, 3.63) is 65.5 Å². The van der Waals surface area contributed by atoms with Crippen LogP contribution < -0.4 is 5.32 Å². The molecule has 1 fully saturated rings. The van der Waals surface area contributed by atoms with Crippen LogP contribution in [0.5, 0.6) is 0 Å². The number of benzene rings is 2. The van der Waals surface area contributed by atoms with Crippen LogP contribution in [-0.2, 0) is 16.1 Å². The number of likely N-dealkylation sites (tertiary alicyclic amines) is 1. The molecule has 26 heavy (non-hydrogen) atoms. The van der Waals surface area contributed by atoms with Crippen molar-refractivity contribution in [1.82, 2.24) is 4.90 Å². The molecular formula is C21H25FN2O2. The Bertz CT molecular complexity index is 728. The number of nitrogens with one attached hydrogen (secondary N) is 1. The molecule has 0 aromatic heterocycles. The Labute approximate surface area is 154 Å². The first-order valence-corrected chi connectivity index (χ1v) is 9.04. The van der Waals surface area contributed by atoms with E-state index in [1.165, 1.54) is 11.6 Å². The van der Waals surface area contributed by atoms with E-state index in [0.717, 1.165) is 31.5 Å². The predicted molar refractivity (Wildman–Crippen MR) is 100 cm³/mol. The normalized spacial score (nSPS) is 15.8. The quantitative estimate of drug-likeness (QED) is 0.857. The molecule has 0 spiro atoms. The van der Waals surface area contributed by atoms with Crippen LogP contribution in [0.2, 0.25) is 0 Å². The number of ether oxygens (including phenoxy) is 1. The zero-order valence-corrected chi connectivity index (χ0v) is 15.1. The molecule has 3 rings (SSSR count). The number of rotatable bonds is 6. The van der Waals surface area contributed by atoms with Crippen molar-refractivity contribution in [1.29, 1.82) is 0 Å². The predicted octanol–water partition coefficient (Wildman–Crippen LogP) is 3.75. The van der Waals surface area contributed by atoms with Gasteiger partial charge in [-0.2, -0.15) is 0 Å². The van der Waals surface area contributed by atoms with Gasteiger partial charge < -0.3 is 10.1 Å². The molecule has 0 bridgehead atoms. The van der Waals surface area contributed by atoms with Crippen molar-refractivity contribution in [3.63, 3.8) is 0 Å². The first-order valence-electron chi connectivity index (χ1n) is 9.04. The fourth-order valence-corrected chi connectivity index (χ4v) is 3.14. The zero-order chi connectivity index (χ0) is 18.4. The van der Waals surface area contributed by atoms with Crippen LogP contribution in [0.25, 0.3) is 0 Å². The minimum atomic E-state index is -0.397. The van der Waals surface area contributed by atoms with Gasteiger partial charge in [0.1, 0.15) is 5.82 Å². The molecule has 0 unspecified atom stereocenters.